The topological polar surface area (TPSA) is 146 Å². The smallest absolute Gasteiger partial charge is 0.294 e. The van der Waals surface area contributed by atoms with Crippen molar-refractivity contribution in [3.05, 3.63) is 65.2 Å². The predicted molar refractivity (Wildman–Crippen MR) is 123 cm³/mol. The molecule has 164 valence electrons. The van der Waals surface area contributed by atoms with E-state index in [1.165, 1.54) is 22.2 Å². The van der Waals surface area contributed by atoms with Gasteiger partial charge in [-0.1, -0.05) is 41.6 Å². The Hall–Kier alpha value is -4.58. The number of amides is 1. The molecule has 0 radical (unpaired) electrons. The molecule has 0 saturated heterocycles. The minimum absolute atomic E-state index is 0.0192. The van der Waals surface area contributed by atoms with Gasteiger partial charge < -0.3 is 10.5 Å². The molecule has 12 heteroatoms. The van der Waals surface area contributed by atoms with Crippen molar-refractivity contribution < 1.29 is 14.2 Å². The minimum Gasteiger partial charge on any atom is -0.496 e. The number of carbonyl (C=O) groups excluding carboxylic acids is 1. The maximum atomic E-state index is 13.0. The number of fused-ring (bicyclic) bond motifs is 1. The lowest BCUT2D eigenvalue weighted by molar-refractivity contribution is 0.0950. The number of nitrogens with one attached hydrogen (secondary N) is 1. The molecule has 3 heterocycles. The molecule has 1 amide bonds. The normalized spacial score (nSPS) is 11.3. The number of ether oxygens (including phenoxy) is 1. The second kappa shape index (κ2) is 8.51. The number of carbonyl (C=O) groups is 1. The highest BCUT2D eigenvalue weighted by molar-refractivity contribution is 7.13. The van der Waals surface area contributed by atoms with E-state index in [9.17, 15) is 4.79 Å². The van der Waals surface area contributed by atoms with E-state index in [0.29, 0.717) is 11.4 Å². The number of thiophene rings is 1. The van der Waals surface area contributed by atoms with E-state index in [1.807, 2.05) is 53.9 Å². The number of rotatable bonds is 6. The molecule has 3 N–H and O–H groups in total. The van der Waals surface area contributed by atoms with Gasteiger partial charge in [-0.15, -0.1) is 16.4 Å². The second-order valence-electron chi connectivity index (χ2n) is 6.75. The van der Waals surface area contributed by atoms with E-state index < -0.39 is 5.91 Å². The van der Waals surface area contributed by atoms with Crippen LogP contribution in [0.4, 0.5) is 5.82 Å². The maximum absolute atomic E-state index is 13.0. The summed E-state index contributed by atoms with van der Waals surface area (Å²) in [7, 11) is 1.58. The van der Waals surface area contributed by atoms with Crippen molar-refractivity contribution in [2.45, 2.75) is 0 Å². The average Bonchev–Trinajstić information content (AvgIpc) is 3.59. The predicted octanol–water partition coefficient (Wildman–Crippen LogP) is 2.89. The van der Waals surface area contributed by atoms with Crippen LogP contribution in [0.2, 0.25) is 0 Å². The van der Waals surface area contributed by atoms with Crippen LogP contribution in [0.5, 0.6) is 5.75 Å². The number of nitrogen functional groups attached to an aromatic ring is 1. The van der Waals surface area contributed by atoms with Crippen molar-refractivity contribution in [1.29, 1.82) is 0 Å². The quantitative estimate of drug-likeness (QED) is 0.290. The summed E-state index contributed by atoms with van der Waals surface area (Å²) in [5.74, 6) is 0.223. The largest absolute Gasteiger partial charge is 0.496 e. The Morgan fingerprint density at radius 2 is 2.09 bits per heavy atom. The number of hydrazone groups is 1. The first-order valence-electron chi connectivity index (χ1n) is 9.64. The molecule has 5 rings (SSSR count). The van der Waals surface area contributed by atoms with Crippen LogP contribution in [0.1, 0.15) is 16.1 Å². The lowest BCUT2D eigenvalue weighted by Gasteiger charge is -2.08. The lowest BCUT2D eigenvalue weighted by atomic mass is 10.0. The third-order valence-electron chi connectivity index (χ3n) is 4.85. The third kappa shape index (κ3) is 3.68. The van der Waals surface area contributed by atoms with E-state index in [0.717, 1.165) is 21.2 Å². The molecule has 0 bridgehead atoms. The minimum atomic E-state index is -0.560. The number of methoxy groups -OCH3 is 1. The van der Waals surface area contributed by atoms with Crippen molar-refractivity contribution in [3.8, 4) is 22.1 Å². The molecule has 0 atom stereocenters. The molecule has 0 aliphatic carbocycles. The summed E-state index contributed by atoms with van der Waals surface area (Å²) in [6, 6.07) is 15.3. The SMILES string of the molecule is COc1ccc2ccccc2c1/C=N\NC(=O)c1nnn(-c2nonc2N)c1-c1cccs1. The summed E-state index contributed by atoms with van der Waals surface area (Å²) in [6.07, 6.45) is 1.54. The van der Waals surface area contributed by atoms with Crippen molar-refractivity contribution in [2.75, 3.05) is 12.8 Å². The van der Waals surface area contributed by atoms with E-state index in [4.69, 9.17) is 10.5 Å². The van der Waals surface area contributed by atoms with Gasteiger partial charge in [-0.25, -0.2) is 10.1 Å². The van der Waals surface area contributed by atoms with Crippen molar-refractivity contribution in [3.63, 3.8) is 0 Å². The molecule has 33 heavy (non-hydrogen) atoms. The van der Waals surface area contributed by atoms with E-state index in [-0.39, 0.29) is 17.3 Å². The molecule has 0 aliphatic rings. The van der Waals surface area contributed by atoms with Gasteiger partial charge in [-0.3, -0.25) is 4.79 Å². The zero-order valence-corrected chi connectivity index (χ0v) is 18.0. The standard InChI is InChI=1S/C21H16N8O3S/c1-31-15-9-8-12-5-2-3-6-13(12)14(15)11-23-25-21(30)17-18(16-7-4-10-33-16)29(28-24-17)20-19(22)26-32-27-20/h2-11H,1H3,(H2,22,26)(H,25,30)/b23-11-. The van der Waals surface area contributed by atoms with Gasteiger partial charge in [0.1, 0.15) is 11.4 Å². The number of benzene rings is 2. The molecular weight excluding hydrogens is 444 g/mol. The summed E-state index contributed by atoms with van der Waals surface area (Å²) >= 11 is 1.40. The monoisotopic (exact) mass is 460 g/mol. The van der Waals surface area contributed by atoms with Gasteiger partial charge in [-0.2, -0.15) is 9.78 Å². The van der Waals surface area contributed by atoms with Crippen molar-refractivity contribution in [1.82, 2.24) is 30.7 Å². The fourth-order valence-corrected chi connectivity index (χ4v) is 4.11. The first-order chi connectivity index (χ1) is 16.2. The first kappa shape index (κ1) is 20.3. The van der Waals surface area contributed by atoms with Crippen molar-refractivity contribution >= 4 is 40.0 Å². The van der Waals surface area contributed by atoms with Crippen LogP contribution in [0.25, 0.3) is 27.2 Å². The molecule has 0 spiro atoms. The molecule has 0 fully saturated rings. The van der Waals surface area contributed by atoms with Crippen LogP contribution < -0.4 is 15.9 Å². The van der Waals surface area contributed by atoms with Gasteiger partial charge in [0.2, 0.25) is 11.6 Å². The number of nitrogens with zero attached hydrogens (tertiary/aromatic N) is 6. The molecule has 2 aromatic carbocycles. The zero-order chi connectivity index (χ0) is 22.8. The van der Waals surface area contributed by atoms with Crippen LogP contribution >= 0.6 is 11.3 Å². The molecule has 0 aliphatic heterocycles. The summed E-state index contributed by atoms with van der Waals surface area (Å²) in [5, 5.41) is 23.3. The highest BCUT2D eigenvalue weighted by Crippen LogP contribution is 2.30. The fraction of sp³-hybridized carbons (Fsp3) is 0.0476. The summed E-state index contributed by atoms with van der Waals surface area (Å²) in [6.45, 7) is 0. The van der Waals surface area contributed by atoms with Crippen LogP contribution in [0.15, 0.2) is 63.6 Å². The molecule has 5 aromatic rings. The zero-order valence-electron chi connectivity index (χ0n) is 17.2. The van der Waals surface area contributed by atoms with E-state index in [2.05, 4.69) is 35.8 Å². The van der Waals surface area contributed by atoms with Gasteiger partial charge in [0.05, 0.1) is 18.2 Å². The maximum Gasteiger partial charge on any atom is 0.294 e. The fourth-order valence-electron chi connectivity index (χ4n) is 3.35. The highest BCUT2D eigenvalue weighted by Gasteiger charge is 2.25. The Morgan fingerprint density at radius 1 is 1.21 bits per heavy atom. The van der Waals surface area contributed by atoms with Crippen LogP contribution in [-0.4, -0.2) is 44.5 Å². The number of hydrogen-bond donors (Lipinski definition) is 2. The molecule has 0 saturated carbocycles. The Morgan fingerprint density at radius 3 is 2.85 bits per heavy atom. The number of aromatic nitrogens is 5. The number of hydrogen-bond acceptors (Lipinski definition) is 10. The van der Waals surface area contributed by atoms with E-state index in [1.54, 1.807) is 7.11 Å². The molecule has 0 unspecified atom stereocenters. The third-order valence-corrected chi connectivity index (χ3v) is 5.72. The lowest BCUT2D eigenvalue weighted by Crippen LogP contribution is -2.19. The van der Waals surface area contributed by atoms with E-state index >= 15 is 0 Å². The Bertz CT molecular complexity index is 1470. The summed E-state index contributed by atoms with van der Waals surface area (Å²) < 4.78 is 11.4. The molecular formula is C21H16N8O3S. The van der Waals surface area contributed by atoms with Crippen LogP contribution in [-0.2, 0) is 0 Å². The van der Waals surface area contributed by atoms with Gasteiger partial charge >= 0.3 is 0 Å². The molecule has 3 aromatic heterocycles. The summed E-state index contributed by atoms with van der Waals surface area (Å²) in [4.78, 5) is 13.7. The summed E-state index contributed by atoms with van der Waals surface area (Å²) in [5.41, 5.74) is 9.49. The second-order valence-corrected chi connectivity index (χ2v) is 7.70. The van der Waals surface area contributed by atoms with Gasteiger partial charge in [-0.05, 0) is 38.6 Å². The number of nitrogens with two attached hydrogens (primary N) is 1. The van der Waals surface area contributed by atoms with Crippen molar-refractivity contribution in [2.24, 2.45) is 5.10 Å². The Balaban J connectivity index is 1.49. The van der Waals surface area contributed by atoms with Crippen LogP contribution in [0, 0.1) is 0 Å². The van der Waals surface area contributed by atoms with Gasteiger partial charge in [0.25, 0.3) is 5.91 Å². The van der Waals surface area contributed by atoms with Gasteiger partial charge in [0.15, 0.2) is 5.69 Å². The highest BCUT2D eigenvalue weighted by atomic mass is 32.1. The number of anilines is 1. The van der Waals surface area contributed by atoms with Gasteiger partial charge in [0, 0.05) is 5.56 Å². The first-order valence-corrected chi connectivity index (χ1v) is 10.5. The Kier molecular flexibility index (Phi) is 5.24. The Labute approximate surface area is 190 Å². The van der Waals surface area contributed by atoms with Crippen LogP contribution in [0.3, 0.4) is 0 Å². The average molecular weight is 460 g/mol. The molecule has 11 nitrogen and oxygen atoms in total.